The fourth-order valence-corrected chi connectivity index (χ4v) is 1.74. The summed E-state index contributed by atoms with van der Waals surface area (Å²) in [6.45, 7) is 2.93. The Bertz CT molecular complexity index is 368. The molecule has 1 saturated carbocycles. The smallest absolute Gasteiger partial charge is 0.274 e. The molecule has 16 heavy (non-hydrogen) atoms. The van der Waals surface area contributed by atoms with E-state index in [0.717, 1.165) is 25.1 Å². The first-order valence-electron chi connectivity index (χ1n) is 6.03. The third-order valence-corrected chi connectivity index (χ3v) is 3.03. The number of aromatic nitrogens is 2. The lowest BCUT2D eigenvalue weighted by Gasteiger charge is -2.14. The van der Waals surface area contributed by atoms with E-state index in [9.17, 15) is 4.79 Å². The molecule has 0 atom stereocenters. The number of nitrogens with one attached hydrogen (secondary N) is 1. The van der Waals surface area contributed by atoms with Gasteiger partial charge in [-0.1, -0.05) is 13.3 Å². The molecule has 2 rings (SSSR count). The van der Waals surface area contributed by atoms with Crippen molar-refractivity contribution in [2.45, 2.75) is 38.5 Å². The molecule has 4 heteroatoms. The van der Waals surface area contributed by atoms with Crippen molar-refractivity contribution in [2.24, 2.45) is 0 Å². The Hall–Kier alpha value is -1.32. The molecule has 1 fully saturated rings. The third kappa shape index (κ3) is 2.43. The highest BCUT2D eigenvalue weighted by Crippen LogP contribution is 2.39. The SMILES string of the molecule is CCCCN(C)C(=O)c1cc(C2CC2)[nH]n1. The maximum Gasteiger partial charge on any atom is 0.274 e. The summed E-state index contributed by atoms with van der Waals surface area (Å²) >= 11 is 0. The minimum atomic E-state index is 0.0246. The zero-order valence-corrected chi connectivity index (χ0v) is 9.99. The standard InChI is InChI=1S/C12H19N3O/c1-3-4-7-15(2)12(16)11-8-10(13-14-11)9-5-6-9/h8-9H,3-7H2,1-2H3,(H,13,14). The van der Waals surface area contributed by atoms with Crippen LogP contribution in [0.1, 0.15) is 54.7 Å². The molecule has 0 spiro atoms. The molecule has 4 nitrogen and oxygen atoms in total. The summed E-state index contributed by atoms with van der Waals surface area (Å²) in [5.74, 6) is 0.645. The molecule has 1 heterocycles. The summed E-state index contributed by atoms with van der Waals surface area (Å²) in [4.78, 5) is 13.7. The maximum absolute atomic E-state index is 12.0. The zero-order valence-electron chi connectivity index (χ0n) is 9.99. The number of unbranched alkanes of at least 4 members (excludes halogenated alkanes) is 1. The fraction of sp³-hybridized carbons (Fsp3) is 0.667. The van der Waals surface area contributed by atoms with Crippen molar-refractivity contribution in [2.75, 3.05) is 13.6 Å². The van der Waals surface area contributed by atoms with Crippen LogP contribution >= 0.6 is 0 Å². The first-order chi connectivity index (χ1) is 7.72. The van der Waals surface area contributed by atoms with Crippen LogP contribution in [0, 0.1) is 0 Å². The van der Waals surface area contributed by atoms with Gasteiger partial charge in [0.2, 0.25) is 0 Å². The van der Waals surface area contributed by atoms with Crippen LogP contribution in [0.4, 0.5) is 0 Å². The van der Waals surface area contributed by atoms with E-state index in [0.29, 0.717) is 11.6 Å². The van der Waals surface area contributed by atoms with Gasteiger partial charge < -0.3 is 4.90 Å². The van der Waals surface area contributed by atoms with E-state index in [1.54, 1.807) is 4.90 Å². The van der Waals surface area contributed by atoms with Crippen molar-refractivity contribution in [3.8, 4) is 0 Å². The van der Waals surface area contributed by atoms with E-state index in [2.05, 4.69) is 17.1 Å². The Kier molecular flexibility index (Phi) is 3.27. The fourth-order valence-electron chi connectivity index (χ4n) is 1.74. The first kappa shape index (κ1) is 11.2. The number of hydrogen-bond donors (Lipinski definition) is 1. The molecule has 1 N–H and O–H groups in total. The van der Waals surface area contributed by atoms with Crippen LogP contribution in [0.15, 0.2) is 6.07 Å². The number of aromatic amines is 1. The third-order valence-electron chi connectivity index (χ3n) is 3.03. The molecule has 0 aliphatic heterocycles. The minimum Gasteiger partial charge on any atom is -0.340 e. The molecular weight excluding hydrogens is 202 g/mol. The van der Waals surface area contributed by atoms with Gasteiger partial charge in [-0.2, -0.15) is 5.10 Å². The van der Waals surface area contributed by atoms with Crippen molar-refractivity contribution >= 4 is 5.91 Å². The topological polar surface area (TPSA) is 49.0 Å². The van der Waals surface area contributed by atoms with Gasteiger partial charge in [0.15, 0.2) is 0 Å². The highest BCUT2D eigenvalue weighted by atomic mass is 16.2. The summed E-state index contributed by atoms with van der Waals surface area (Å²) in [6.07, 6.45) is 4.59. The molecule has 1 aromatic rings. The van der Waals surface area contributed by atoms with E-state index in [1.165, 1.54) is 12.8 Å². The van der Waals surface area contributed by atoms with Crippen LogP contribution in [-0.4, -0.2) is 34.6 Å². The van der Waals surface area contributed by atoms with Gasteiger partial charge in [-0.15, -0.1) is 0 Å². The molecular formula is C12H19N3O. The highest BCUT2D eigenvalue weighted by molar-refractivity contribution is 5.92. The lowest BCUT2D eigenvalue weighted by Crippen LogP contribution is -2.27. The lowest BCUT2D eigenvalue weighted by atomic mass is 10.2. The van der Waals surface area contributed by atoms with Gasteiger partial charge in [-0.3, -0.25) is 9.89 Å². The summed E-state index contributed by atoms with van der Waals surface area (Å²) in [6, 6.07) is 1.91. The van der Waals surface area contributed by atoms with Gasteiger partial charge in [0.1, 0.15) is 5.69 Å². The van der Waals surface area contributed by atoms with E-state index in [-0.39, 0.29) is 5.91 Å². The monoisotopic (exact) mass is 221 g/mol. The average Bonchev–Trinajstić information content (AvgIpc) is 3.03. The second-order valence-corrected chi connectivity index (χ2v) is 4.56. The van der Waals surface area contributed by atoms with Gasteiger partial charge in [-0.05, 0) is 25.3 Å². The van der Waals surface area contributed by atoms with Crippen LogP contribution in [0.2, 0.25) is 0 Å². The van der Waals surface area contributed by atoms with Crippen LogP contribution in [0.25, 0.3) is 0 Å². The zero-order chi connectivity index (χ0) is 11.5. The van der Waals surface area contributed by atoms with Crippen molar-refractivity contribution in [1.82, 2.24) is 15.1 Å². The number of hydrogen-bond acceptors (Lipinski definition) is 2. The molecule has 0 unspecified atom stereocenters. The van der Waals surface area contributed by atoms with Crippen LogP contribution in [0.5, 0.6) is 0 Å². The molecule has 1 aliphatic carbocycles. The van der Waals surface area contributed by atoms with Crippen molar-refractivity contribution in [3.05, 3.63) is 17.5 Å². The van der Waals surface area contributed by atoms with Gasteiger partial charge >= 0.3 is 0 Å². The summed E-state index contributed by atoms with van der Waals surface area (Å²) in [5, 5.41) is 7.05. The summed E-state index contributed by atoms with van der Waals surface area (Å²) in [7, 11) is 1.84. The Morgan fingerprint density at radius 1 is 1.62 bits per heavy atom. The Morgan fingerprint density at radius 2 is 2.38 bits per heavy atom. The first-order valence-corrected chi connectivity index (χ1v) is 6.03. The Balaban J connectivity index is 1.96. The van der Waals surface area contributed by atoms with Crippen LogP contribution < -0.4 is 0 Å². The molecule has 0 bridgehead atoms. The van der Waals surface area contributed by atoms with E-state index in [1.807, 2.05) is 13.1 Å². The highest BCUT2D eigenvalue weighted by Gasteiger charge is 2.26. The maximum atomic E-state index is 12.0. The summed E-state index contributed by atoms with van der Waals surface area (Å²) < 4.78 is 0. The predicted octanol–water partition coefficient (Wildman–Crippen LogP) is 2.16. The van der Waals surface area contributed by atoms with Crippen molar-refractivity contribution in [3.63, 3.8) is 0 Å². The quantitative estimate of drug-likeness (QED) is 0.828. The number of carbonyl (C=O) groups excluding carboxylic acids is 1. The molecule has 0 saturated heterocycles. The van der Waals surface area contributed by atoms with Crippen LogP contribution in [0.3, 0.4) is 0 Å². The summed E-state index contributed by atoms with van der Waals surface area (Å²) in [5.41, 5.74) is 1.67. The number of rotatable bonds is 5. The molecule has 0 aromatic carbocycles. The second kappa shape index (κ2) is 4.68. The molecule has 0 radical (unpaired) electrons. The van der Waals surface area contributed by atoms with Gasteiger partial charge in [0, 0.05) is 25.2 Å². The van der Waals surface area contributed by atoms with Gasteiger partial charge in [0.05, 0.1) is 0 Å². The normalized spacial score (nSPS) is 15.1. The van der Waals surface area contributed by atoms with E-state index >= 15 is 0 Å². The predicted molar refractivity (Wildman–Crippen MR) is 62.4 cm³/mol. The molecule has 1 amide bonds. The molecule has 1 aliphatic rings. The number of nitrogens with zero attached hydrogens (tertiary/aromatic N) is 2. The lowest BCUT2D eigenvalue weighted by molar-refractivity contribution is 0.0787. The van der Waals surface area contributed by atoms with Gasteiger partial charge in [-0.25, -0.2) is 0 Å². The molecule has 88 valence electrons. The van der Waals surface area contributed by atoms with E-state index < -0.39 is 0 Å². The Labute approximate surface area is 96.0 Å². The average molecular weight is 221 g/mol. The van der Waals surface area contributed by atoms with Crippen LogP contribution in [-0.2, 0) is 0 Å². The number of amides is 1. The molecule has 1 aromatic heterocycles. The second-order valence-electron chi connectivity index (χ2n) is 4.56. The number of H-pyrrole nitrogens is 1. The Morgan fingerprint density at radius 3 is 3.00 bits per heavy atom. The van der Waals surface area contributed by atoms with Crippen molar-refractivity contribution < 1.29 is 4.79 Å². The van der Waals surface area contributed by atoms with Gasteiger partial charge in [0.25, 0.3) is 5.91 Å². The van der Waals surface area contributed by atoms with Crippen molar-refractivity contribution in [1.29, 1.82) is 0 Å². The number of carbonyl (C=O) groups is 1. The largest absolute Gasteiger partial charge is 0.340 e. The minimum absolute atomic E-state index is 0.0246. The van der Waals surface area contributed by atoms with E-state index in [4.69, 9.17) is 0 Å².